The normalized spacial score (nSPS) is 10.6. The molecule has 0 unspecified atom stereocenters. The summed E-state index contributed by atoms with van der Waals surface area (Å²) in [5, 5.41) is 6.84. The fourth-order valence-electron chi connectivity index (χ4n) is 2.31. The average molecular weight is 358 g/mol. The molecule has 4 nitrogen and oxygen atoms in total. The second kappa shape index (κ2) is 6.66. The summed E-state index contributed by atoms with van der Waals surface area (Å²) in [7, 11) is 0. The van der Waals surface area contributed by atoms with Crippen LogP contribution in [-0.2, 0) is 6.42 Å². The van der Waals surface area contributed by atoms with Crippen molar-refractivity contribution in [2.75, 3.05) is 11.9 Å². The molecular formula is C17H16BrN3O. The van der Waals surface area contributed by atoms with Gasteiger partial charge in [-0.15, -0.1) is 0 Å². The molecule has 22 heavy (non-hydrogen) atoms. The number of fused-ring (bicyclic) bond motifs is 1. The Bertz CT molecular complexity index is 797. The van der Waals surface area contributed by atoms with Gasteiger partial charge in [-0.3, -0.25) is 0 Å². The predicted molar refractivity (Wildman–Crippen MR) is 93.2 cm³/mol. The molecule has 0 saturated carbocycles. The van der Waals surface area contributed by atoms with E-state index in [0.29, 0.717) is 6.54 Å². The van der Waals surface area contributed by atoms with Crippen LogP contribution in [0.2, 0.25) is 0 Å². The molecule has 1 heterocycles. The lowest BCUT2D eigenvalue weighted by molar-refractivity contribution is 0.252. The smallest absolute Gasteiger partial charge is 0.319 e. The van der Waals surface area contributed by atoms with E-state index in [1.807, 2.05) is 54.7 Å². The molecule has 0 aliphatic rings. The Labute approximate surface area is 137 Å². The Morgan fingerprint density at radius 1 is 1.14 bits per heavy atom. The third kappa shape index (κ3) is 3.49. The summed E-state index contributed by atoms with van der Waals surface area (Å²) < 4.78 is 1.06. The van der Waals surface area contributed by atoms with Crippen LogP contribution in [0, 0.1) is 0 Å². The largest absolute Gasteiger partial charge is 0.361 e. The zero-order valence-corrected chi connectivity index (χ0v) is 13.5. The van der Waals surface area contributed by atoms with E-state index in [1.165, 1.54) is 5.56 Å². The van der Waals surface area contributed by atoms with Gasteiger partial charge >= 0.3 is 6.03 Å². The minimum atomic E-state index is -0.196. The molecule has 3 aromatic rings. The summed E-state index contributed by atoms with van der Waals surface area (Å²) in [6.45, 7) is 0.583. The molecule has 1 aromatic heterocycles. The summed E-state index contributed by atoms with van der Waals surface area (Å²) in [6.07, 6.45) is 2.66. The molecule has 3 N–H and O–H groups in total. The Hall–Kier alpha value is -2.27. The van der Waals surface area contributed by atoms with Crippen LogP contribution in [0.3, 0.4) is 0 Å². The van der Waals surface area contributed by atoms with Crippen molar-refractivity contribution in [1.29, 1.82) is 0 Å². The molecule has 112 valence electrons. The van der Waals surface area contributed by atoms with E-state index in [1.54, 1.807) is 0 Å². The first-order valence-electron chi connectivity index (χ1n) is 7.08. The highest BCUT2D eigenvalue weighted by Gasteiger charge is 2.04. The number of benzene rings is 2. The Kier molecular flexibility index (Phi) is 4.44. The van der Waals surface area contributed by atoms with Crippen LogP contribution in [0.25, 0.3) is 10.9 Å². The van der Waals surface area contributed by atoms with Crippen LogP contribution < -0.4 is 10.6 Å². The predicted octanol–water partition coefficient (Wildman–Crippen LogP) is 4.29. The lowest BCUT2D eigenvalue weighted by Gasteiger charge is -2.08. The van der Waals surface area contributed by atoms with Gasteiger partial charge in [0.15, 0.2) is 0 Å². The zero-order valence-electron chi connectivity index (χ0n) is 11.9. The van der Waals surface area contributed by atoms with Gasteiger partial charge in [-0.05, 0) is 41.6 Å². The van der Waals surface area contributed by atoms with Crippen molar-refractivity contribution >= 4 is 38.6 Å². The topological polar surface area (TPSA) is 56.9 Å². The van der Waals surface area contributed by atoms with Gasteiger partial charge in [0.05, 0.1) is 0 Å². The van der Waals surface area contributed by atoms with Crippen LogP contribution in [0.1, 0.15) is 5.56 Å². The minimum Gasteiger partial charge on any atom is -0.361 e. The van der Waals surface area contributed by atoms with Crippen LogP contribution >= 0.6 is 15.9 Å². The highest BCUT2D eigenvalue weighted by Crippen LogP contribution is 2.18. The van der Waals surface area contributed by atoms with E-state index in [0.717, 1.165) is 27.5 Å². The lowest BCUT2D eigenvalue weighted by Crippen LogP contribution is -2.30. The van der Waals surface area contributed by atoms with E-state index >= 15 is 0 Å². The molecule has 0 spiro atoms. The van der Waals surface area contributed by atoms with Crippen molar-refractivity contribution < 1.29 is 4.79 Å². The van der Waals surface area contributed by atoms with Crippen molar-refractivity contribution in [3.8, 4) is 0 Å². The van der Waals surface area contributed by atoms with Gasteiger partial charge in [0.1, 0.15) is 0 Å². The first kappa shape index (κ1) is 14.7. The first-order valence-corrected chi connectivity index (χ1v) is 7.87. The van der Waals surface area contributed by atoms with E-state index in [2.05, 4.69) is 31.5 Å². The molecule has 0 atom stereocenters. The second-order valence-corrected chi connectivity index (χ2v) is 5.86. The molecule has 0 fully saturated rings. The van der Waals surface area contributed by atoms with Gasteiger partial charge in [-0.1, -0.05) is 40.2 Å². The number of amides is 2. The molecule has 0 aliphatic carbocycles. The summed E-state index contributed by atoms with van der Waals surface area (Å²) in [6, 6.07) is 15.6. The molecular weight excluding hydrogens is 342 g/mol. The number of aromatic nitrogens is 1. The monoisotopic (exact) mass is 357 g/mol. The number of halogens is 1. The SMILES string of the molecule is O=C(NCCc1ccccc1Br)Nc1ccc2cc[nH]c2c1. The van der Waals surface area contributed by atoms with Crippen molar-refractivity contribution in [2.45, 2.75) is 6.42 Å². The maximum atomic E-state index is 11.9. The highest BCUT2D eigenvalue weighted by molar-refractivity contribution is 9.10. The van der Waals surface area contributed by atoms with Crippen LogP contribution in [0.15, 0.2) is 59.2 Å². The molecule has 3 rings (SSSR count). The highest BCUT2D eigenvalue weighted by atomic mass is 79.9. The number of urea groups is 1. The van der Waals surface area contributed by atoms with Gasteiger partial charge in [-0.2, -0.15) is 0 Å². The standard InChI is InChI=1S/C17H16BrN3O/c18-15-4-2-1-3-12(15)7-10-20-17(22)21-14-6-5-13-8-9-19-16(13)11-14/h1-6,8-9,11,19H,7,10H2,(H2,20,21,22). The summed E-state index contributed by atoms with van der Waals surface area (Å²) in [4.78, 5) is 15.0. The number of hydrogen-bond donors (Lipinski definition) is 3. The number of nitrogens with one attached hydrogen (secondary N) is 3. The fourth-order valence-corrected chi connectivity index (χ4v) is 2.80. The third-order valence-corrected chi connectivity index (χ3v) is 4.22. The zero-order chi connectivity index (χ0) is 15.4. The molecule has 0 radical (unpaired) electrons. The van der Waals surface area contributed by atoms with Crippen molar-refractivity contribution in [3.63, 3.8) is 0 Å². The van der Waals surface area contributed by atoms with E-state index in [4.69, 9.17) is 0 Å². The Morgan fingerprint density at radius 3 is 2.86 bits per heavy atom. The van der Waals surface area contributed by atoms with Gasteiger partial charge in [0, 0.05) is 28.4 Å². The second-order valence-electron chi connectivity index (χ2n) is 5.00. The molecule has 0 aliphatic heterocycles. The molecule has 5 heteroatoms. The van der Waals surface area contributed by atoms with E-state index in [9.17, 15) is 4.79 Å². The maximum absolute atomic E-state index is 11.9. The Balaban J connectivity index is 1.53. The van der Waals surface area contributed by atoms with Gasteiger partial charge in [0.25, 0.3) is 0 Å². The maximum Gasteiger partial charge on any atom is 0.319 e. The summed E-state index contributed by atoms with van der Waals surface area (Å²) in [5.74, 6) is 0. The first-order chi connectivity index (χ1) is 10.7. The number of anilines is 1. The lowest BCUT2D eigenvalue weighted by atomic mass is 10.1. The summed E-state index contributed by atoms with van der Waals surface area (Å²) in [5.41, 5.74) is 2.95. The molecule has 2 aromatic carbocycles. The number of rotatable bonds is 4. The van der Waals surface area contributed by atoms with E-state index in [-0.39, 0.29) is 6.03 Å². The number of H-pyrrole nitrogens is 1. The van der Waals surface area contributed by atoms with Gasteiger partial charge in [0.2, 0.25) is 0 Å². The minimum absolute atomic E-state index is 0.196. The van der Waals surface area contributed by atoms with Crippen LogP contribution in [-0.4, -0.2) is 17.6 Å². The van der Waals surface area contributed by atoms with Crippen molar-refractivity contribution in [2.24, 2.45) is 0 Å². The number of hydrogen-bond acceptors (Lipinski definition) is 1. The quantitative estimate of drug-likeness (QED) is 0.640. The average Bonchev–Trinajstić information content (AvgIpc) is 2.97. The number of carbonyl (C=O) groups is 1. The van der Waals surface area contributed by atoms with E-state index < -0.39 is 0 Å². The number of carbonyl (C=O) groups excluding carboxylic acids is 1. The Morgan fingerprint density at radius 2 is 2.00 bits per heavy atom. The fraction of sp³-hybridized carbons (Fsp3) is 0.118. The van der Waals surface area contributed by atoms with Crippen molar-refractivity contribution in [3.05, 3.63) is 64.8 Å². The van der Waals surface area contributed by atoms with Crippen LogP contribution in [0.5, 0.6) is 0 Å². The molecule has 2 amide bonds. The van der Waals surface area contributed by atoms with Gasteiger partial charge < -0.3 is 15.6 Å². The van der Waals surface area contributed by atoms with Gasteiger partial charge in [-0.25, -0.2) is 4.79 Å². The molecule has 0 bridgehead atoms. The number of aromatic amines is 1. The van der Waals surface area contributed by atoms with Crippen molar-refractivity contribution in [1.82, 2.24) is 10.3 Å². The summed E-state index contributed by atoms with van der Waals surface area (Å²) >= 11 is 3.50. The van der Waals surface area contributed by atoms with Crippen LogP contribution in [0.4, 0.5) is 10.5 Å². The molecule has 0 saturated heterocycles. The third-order valence-electron chi connectivity index (χ3n) is 3.45.